The second kappa shape index (κ2) is 2.46. The molecule has 1 saturated heterocycles. The molecule has 1 fully saturated rings. The van der Waals surface area contributed by atoms with Gasteiger partial charge in [0.15, 0.2) is 0 Å². The van der Waals surface area contributed by atoms with E-state index in [9.17, 15) is 0 Å². The SMILES string of the molecule is [C]N1CCN(C)CC1. The molecule has 2 nitrogen and oxygen atoms in total. The Balaban J connectivity index is 2.19. The monoisotopic (exact) mass is 111 g/mol. The zero-order valence-corrected chi connectivity index (χ0v) is 5.22. The Labute approximate surface area is 51.1 Å². The fraction of sp³-hybridized carbons (Fsp3) is 0.833. The molecule has 8 heavy (non-hydrogen) atoms. The highest BCUT2D eigenvalue weighted by Gasteiger charge is 2.08. The van der Waals surface area contributed by atoms with E-state index in [-0.39, 0.29) is 0 Å². The van der Waals surface area contributed by atoms with Crippen molar-refractivity contribution in [1.82, 2.24) is 9.80 Å². The maximum Gasteiger partial charge on any atom is 0.0883 e. The van der Waals surface area contributed by atoms with Gasteiger partial charge >= 0.3 is 0 Å². The molecule has 1 heterocycles. The number of nitrogens with zero attached hydrogens (tertiary/aromatic N) is 2. The van der Waals surface area contributed by atoms with Gasteiger partial charge in [0.05, 0.1) is 7.05 Å². The lowest BCUT2D eigenvalue weighted by Gasteiger charge is -2.28. The van der Waals surface area contributed by atoms with Crippen molar-refractivity contribution in [1.29, 1.82) is 0 Å². The van der Waals surface area contributed by atoms with Crippen LogP contribution in [0.1, 0.15) is 0 Å². The molecule has 0 spiro atoms. The molecule has 0 saturated carbocycles. The lowest BCUT2D eigenvalue weighted by atomic mass is 10.4. The van der Waals surface area contributed by atoms with Gasteiger partial charge in [-0.3, -0.25) is 4.90 Å². The van der Waals surface area contributed by atoms with Crippen LogP contribution < -0.4 is 0 Å². The molecule has 0 aromatic rings. The average molecular weight is 111 g/mol. The highest BCUT2D eigenvalue weighted by molar-refractivity contribution is 4.67. The predicted molar refractivity (Wildman–Crippen MR) is 32.3 cm³/mol. The summed E-state index contributed by atoms with van der Waals surface area (Å²) < 4.78 is 0. The van der Waals surface area contributed by atoms with Crippen LogP contribution in [-0.4, -0.2) is 43.0 Å². The molecule has 0 aromatic carbocycles. The largest absolute Gasteiger partial charge is 0.304 e. The van der Waals surface area contributed by atoms with Crippen molar-refractivity contribution in [3.8, 4) is 0 Å². The van der Waals surface area contributed by atoms with Crippen LogP contribution in [0.3, 0.4) is 0 Å². The summed E-state index contributed by atoms with van der Waals surface area (Å²) in [5, 5.41) is 0. The molecule has 0 amide bonds. The van der Waals surface area contributed by atoms with Crippen molar-refractivity contribution in [3.63, 3.8) is 0 Å². The van der Waals surface area contributed by atoms with Crippen LogP contribution in [-0.2, 0) is 0 Å². The van der Waals surface area contributed by atoms with Gasteiger partial charge in [-0.15, -0.1) is 0 Å². The fourth-order valence-corrected chi connectivity index (χ4v) is 0.806. The molecule has 2 heteroatoms. The zero-order valence-electron chi connectivity index (χ0n) is 5.22. The quantitative estimate of drug-likeness (QED) is 0.426. The van der Waals surface area contributed by atoms with Crippen LogP contribution in [0.15, 0.2) is 0 Å². The van der Waals surface area contributed by atoms with Crippen LogP contribution >= 0.6 is 0 Å². The molecule has 0 aliphatic carbocycles. The summed E-state index contributed by atoms with van der Waals surface area (Å²) in [4.78, 5) is 3.85. The van der Waals surface area contributed by atoms with E-state index in [4.69, 9.17) is 7.05 Å². The molecule has 0 aromatic heterocycles. The van der Waals surface area contributed by atoms with Crippen LogP contribution in [0.25, 0.3) is 0 Å². The molecule has 45 valence electrons. The fourth-order valence-electron chi connectivity index (χ4n) is 0.806. The van der Waals surface area contributed by atoms with E-state index >= 15 is 0 Å². The van der Waals surface area contributed by atoms with E-state index < -0.39 is 0 Å². The van der Waals surface area contributed by atoms with Crippen LogP contribution in [0.2, 0.25) is 0 Å². The lowest BCUT2D eigenvalue weighted by Crippen LogP contribution is -2.41. The van der Waals surface area contributed by atoms with E-state index in [0.29, 0.717) is 0 Å². The molecule has 1 aliphatic heterocycles. The molecule has 0 bridgehead atoms. The van der Waals surface area contributed by atoms with Crippen LogP contribution in [0.5, 0.6) is 0 Å². The van der Waals surface area contributed by atoms with Crippen molar-refractivity contribution < 1.29 is 0 Å². The third-order valence-electron chi connectivity index (χ3n) is 1.50. The normalized spacial score (nSPS) is 26.2. The zero-order chi connectivity index (χ0) is 5.98. The van der Waals surface area contributed by atoms with Gasteiger partial charge in [-0.05, 0) is 7.05 Å². The minimum absolute atomic E-state index is 0.899. The maximum atomic E-state index is 7.17. The summed E-state index contributed by atoms with van der Waals surface area (Å²) in [6, 6.07) is 0. The molecular formula is C6H11N2. The minimum Gasteiger partial charge on any atom is -0.304 e. The summed E-state index contributed by atoms with van der Waals surface area (Å²) in [7, 11) is 9.26. The minimum atomic E-state index is 0.899. The number of rotatable bonds is 0. The summed E-state index contributed by atoms with van der Waals surface area (Å²) in [6.07, 6.45) is 0. The molecule has 0 atom stereocenters. The lowest BCUT2D eigenvalue weighted by molar-refractivity contribution is 0.196. The van der Waals surface area contributed by atoms with Crippen molar-refractivity contribution in [2.24, 2.45) is 0 Å². The topological polar surface area (TPSA) is 6.48 Å². The van der Waals surface area contributed by atoms with Gasteiger partial charge in [0.2, 0.25) is 0 Å². The van der Waals surface area contributed by atoms with Gasteiger partial charge in [-0.25, -0.2) is 0 Å². The molecule has 0 unspecified atom stereocenters. The summed E-state index contributed by atoms with van der Waals surface area (Å²) in [5.41, 5.74) is 0. The van der Waals surface area contributed by atoms with E-state index in [1.165, 1.54) is 0 Å². The third kappa shape index (κ3) is 1.46. The van der Waals surface area contributed by atoms with Gasteiger partial charge in [0.1, 0.15) is 0 Å². The first-order valence-electron chi connectivity index (χ1n) is 2.94. The van der Waals surface area contributed by atoms with E-state index in [0.717, 1.165) is 26.2 Å². The van der Waals surface area contributed by atoms with Gasteiger partial charge in [-0.1, -0.05) is 0 Å². The molecule has 0 N–H and O–H groups in total. The highest BCUT2D eigenvalue weighted by atomic mass is 15.2. The summed E-state index contributed by atoms with van der Waals surface area (Å²) in [5.74, 6) is 0. The molecule has 3 radical (unpaired) electrons. The molecular weight excluding hydrogens is 100 g/mol. The van der Waals surface area contributed by atoms with Crippen molar-refractivity contribution in [2.45, 2.75) is 0 Å². The Morgan fingerprint density at radius 3 is 2.00 bits per heavy atom. The Morgan fingerprint density at radius 1 is 1.12 bits per heavy atom. The first kappa shape index (κ1) is 6.05. The van der Waals surface area contributed by atoms with Crippen LogP contribution in [0, 0.1) is 7.05 Å². The van der Waals surface area contributed by atoms with Gasteiger partial charge in [-0.2, -0.15) is 0 Å². The molecule has 1 aliphatic rings. The maximum absolute atomic E-state index is 7.17. The number of hydrogen-bond donors (Lipinski definition) is 0. The number of hydrogen-bond acceptors (Lipinski definition) is 2. The summed E-state index contributed by atoms with van der Waals surface area (Å²) in [6.45, 7) is 3.89. The van der Waals surface area contributed by atoms with Gasteiger partial charge in [0, 0.05) is 26.2 Å². The van der Waals surface area contributed by atoms with Crippen LogP contribution in [0.4, 0.5) is 0 Å². The van der Waals surface area contributed by atoms with Crippen molar-refractivity contribution in [3.05, 3.63) is 7.05 Å². The average Bonchev–Trinajstić information content (AvgIpc) is 1.77. The van der Waals surface area contributed by atoms with E-state index in [1.807, 2.05) is 0 Å². The first-order chi connectivity index (χ1) is 3.79. The third-order valence-corrected chi connectivity index (χ3v) is 1.50. The predicted octanol–water partition coefficient (Wildman–Crippen LogP) is -0.221. The Bertz CT molecular complexity index is 54.9. The Hall–Kier alpha value is -0.0800. The summed E-state index contributed by atoms with van der Waals surface area (Å²) >= 11 is 0. The molecule has 1 rings (SSSR count). The standard InChI is InChI=1S/C6H11N2/c1-7-3-5-8(2)6-4-7/h3-6H2,1H3. The highest BCUT2D eigenvalue weighted by Crippen LogP contribution is 1.94. The van der Waals surface area contributed by atoms with Crippen molar-refractivity contribution in [2.75, 3.05) is 33.2 Å². The Morgan fingerprint density at radius 2 is 1.62 bits per heavy atom. The second-order valence-electron chi connectivity index (χ2n) is 2.29. The van der Waals surface area contributed by atoms with E-state index in [1.54, 1.807) is 4.90 Å². The second-order valence-corrected chi connectivity index (χ2v) is 2.29. The van der Waals surface area contributed by atoms with Crippen molar-refractivity contribution >= 4 is 0 Å². The van der Waals surface area contributed by atoms with Gasteiger partial charge in [0.25, 0.3) is 0 Å². The number of piperazine rings is 1. The van der Waals surface area contributed by atoms with E-state index in [2.05, 4.69) is 11.9 Å². The Kier molecular flexibility index (Phi) is 1.86. The first-order valence-corrected chi connectivity index (χ1v) is 2.94. The number of likely N-dealkylation sites (N-methyl/N-ethyl adjacent to an activating group) is 1. The smallest absolute Gasteiger partial charge is 0.0883 e. The van der Waals surface area contributed by atoms with Gasteiger partial charge < -0.3 is 4.90 Å².